The van der Waals surface area contributed by atoms with Crippen molar-refractivity contribution in [2.45, 2.75) is 46.6 Å². The van der Waals surface area contributed by atoms with Crippen LogP contribution in [-0.2, 0) is 19.4 Å². The lowest BCUT2D eigenvalue weighted by Gasteiger charge is -2.31. The molecule has 8 nitrogen and oxygen atoms in total. The zero-order valence-electron chi connectivity index (χ0n) is 20.0. The Bertz CT molecular complexity index is 1190. The van der Waals surface area contributed by atoms with Crippen molar-refractivity contribution in [1.82, 2.24) is 4.90 Å². The second-order valence-corrected chi connectivity index (χ2v) is 11.1. The first-order valence-corrected chi connectivity index (χ1v) is 13.2. The quantitative estimate of drug-likeness (QED) is 0.409. The van der Waals surface area contributed by atoms with Crippen molar-refractivity contribution in [3.05, 3.63) is 40.5 Å². The lowest BCUT2D eigenvalue weighted by molar-refractivity contribution is -0.142. The fourth-order valence-corrected chi connectivity index (χ4v) is 5.68. The van der Waals surface area contributed by atoms with Gasteiger partial charge in [0.2, 0.25) is 0 Å². The Morgan fingerprint density at radius 2 is 1.94 bits per heavy atom. The molecule has 0 spiro atoms. The molecular formula is C25H30N2O6S. The number of hydrogen-bond acceptors (Lipinski definition) is 7. The summed E-state index contributed by atoms with van der Waals surface area (Å²) in [6.07, 6.45) is 2.66. The minimum absolute atomic E-state index is 0.0889. The highest BCUT2D eigenvalue weighted by Crippen LogP contribution is 2.34. The predicted octanol–water partition coefficient (Wildman–Crippen LogP) is 3.29. The molecule has 2 heterocycles. The van der Waals surface area contributed by atoms with Crippen LogP contribution in [0.5, 0.6) is 11.5 Å². The fourth-order valence-electron chi connectivity index (χ4n) is 3.98. The van der Waals surface area contributed by atoms with Gasteiger partial charge in [-0.05, 0) is 62.0 Å². The number of imide groups is 1. The van der Waals surface area contributed by atoms with E-state index in [-0.39, 0.29) is 34.6 Å². The van der Waals surface area contributed by atoms with Crippen LogP contribution in [0.15, 0.2) is 34.9 Å². The molecule has 0 radical (unpaired) electrons. The normalized spacial score (nSPS) is 21.4. The Labute approximate surface area is 200 Å². The number of sulfone groups is 1. The number of ether oxygens (including phenoxy) is 2. The molecule has 1 aromatic carbocycles. The van der Waals surface area contributed by atoms with E-state index in [1.807, 2.05) is 13.0 Å². The van der Waals surface area contributed by atoms with Crippen LogP contribution in [0.1, 0.15) is 46.1 Å². The van der Waals surface area contributed by atoms with Gasteiger partial charge in [-0.25, -0.2) is 8.42 Å². The zero-order valence-corrected chi connectivity index (χ0v) is 20.8. The van der Waals surface area contributed by atoms with E-state index in [4.69, 9.17) is 9.47 Å². The maximum absolute atomic E-state index is 13.3. The number of nitrogens with zero attached hydrogens (tertiary/aromatic N) is 2. The summed E-state index contributed by atoms with van der Waals surface area (Å²) in [5.74, 6) is -0.0901. The molecule has 2 amide bonds. The van der Waals surface area contributed by atoms with Gasteiger partial charge < -0.3 is 9.47 Å². The maximum Gasteiger partial charge on any atom is 0.271 e. The van der Waals surface area contributed by atoms with Gasteiger partial charge in [-0.1, -0.05) is 19.9 Å². The van der Waals surface area contributed by atoms with Crippen LogP contribution >= 0.6 is 0 Å². The lowest BCUT2D eigenvalue weighted by Crippen LogP contribution is -2.49. The van der Waals surface area contributed by atoms with E-state index < -0.39 is 27.7 Å². The van der Waals surface area contributed by atoms with Crippen molar-refractivity contribution in [2.24, 2.45) is 5.92 Å². The number of amides is 2. The highest BCUT2D eigenvalue weighted by Gasteiger charge is 2.43. The van der Waals surface area contributed by atoms with Crippen molar-refractivity contribution in [3.63, 3.8) is 0 Å². The number of hydrogen-bond donors (Lipinski definition) is 0. The average Bonchev–Trinajstić information content (AvgIpc) is 3.12. The summed E-state index contributed by atoms with van der Waals surface area (Å²) in [7, 11) is -3.33. The van der Waals surface area contributed by atoms with Gasteiger partial charge in [-0.3, -0.25) is 14.5 Å². The van der Waals surface area contributed by atoms with Crippen LogP contribution in [-0.4, -0.2) is 55.9 Å². The van der Waals surface area contributed by atoms with E-state index in [1.54, 1.807) is 31.2 Å². The van der Waals surface area contributed by atoms with Crippen molar-refractivity contribution in [3.8, 4) is 17.6 Å². The highest BCUT2D eigenvalue weighted by molar-refractivity contribution is 7.91. The first-order chi connectivity index (χ1) is 16.1. The summed E-state index contributed by atoms with van der Waals surface area (Å²) in [5.41, 5.74) is 0.919. The van der Waals surface area contributed by atoms with Gasteiger partial charge in [0.15, 0.2) is 21.3 Å². The molecule has 0 aromatic heterocycles. The summed E-state index contributed by atoms with van der Waals surface area (Å²) in [4.78, 5) is 27.1. The lowest BCUT2D eigenvalue weighted by atomic mass is 9.92. The molecule has 0 saturated carbocycles. The van der Waals surface area contributed by atoms with Crippen molar-refractivity contribution < 1.29 is 27.5 Å². The largest absolute Gasteiger partial charge is 0.490 e. The van der Waals surface area contributed by atoms with Crippen LogP contribution in [0, 0.1) is 17.2 Å². The summed E-state index contributed by atoms with van der Waals surface area (Å²) >= 11 is 0. The second-order valence-electron chi connectivity index (χ2n) is 8.88. The topological polar surface area (TPSA) is 114 Å². The summed E-state index contributed by atoms with van der Waals surface area (Å²) in [5, 5.41) is 9.59. The van der Waals surface area contributed by atoms with E-state index in [0.717, 1.165) is 11.3 Å². The van der Waals surface area contributed by atoms with Crippen molar-refractivity contribution in [1.29, 1.82) is 5.26 Å². The van der Waals surface area contributed by atoms with Gasteiger partial charge in [-0.15, -0.1) is 0 Å². The first kappa shape index (κ1) is 25.5. The van der Waals surface area contributed by atoms with Crippen LogP contribution < -0.4 is 9.47 Å². The van der Waals surface area contributed by atoms with Crippen molar-refractivity contribution in [2.75, 3.05) is 24.7 Å². The fraction of sp³-hybridized carbons (Fsp3) is 0.480. The molecule has 1 aromatic rings. The molecule has 34 heavy (non-hydrogen) atoms. The Morgan fingerprint density at radius 3 is 2.53 bits per heavy atom. The van der Waals surface area contributed by atoms with E-state index >= 15 is 0 Å². The first-order valence-electron chi connectivity index (χ1n) is 11.4. The number of carbonyl (C=O) groups is 2. The summed E-state index contributed by atoms with van der Waals surface area (Å²) in [6.45, 7) is 8.61. The standard InChI is InChI=1S/C25H30N2O6S/c1-5-32-23-13-18(6-7-22(23)33-10-8-16(2)3)12-20-17(4)21(14-26)25(29)27(24(20)28)19-9-11-34(30,31)15-19/h6-7,12-13,16,19H,5,8-11,15H2,1-4H3/b20-12+/t19-/m0/s1. The SMILES string of the molecule is CCOc1cc(/C=C2/C(=O)N([C@H]3CCS(=O)(=O)C3)C(=O)C(C#N)=C2C)ccc1OCCC(C)C. The van der Waals surface area contributed by atoms with Crippen LogP contribution in [0.3, 0.4) is 0 Å². The van der Waals surface area contributed by atoms with Gasteiger partial charge in [0, 0.05) is 5.57 Å². The number of nitriles is 1. The molecule has 0 bridgehead atoms. The monoisotopic (exact) mass is 486 g/mol. The van der Waals surface area contributed by atoms with E-state index in [9.17, 15) is 23.3 Å². The minimum Gasteiger partial charge on any atom is -0.490 e. The van der Waals surface area contributed by atoms with Gasteiger partial charge >= 0.3 is 0 Å². The molecule has 1 fully saturated rings. The molecule has 182 valence electrons. The van der Waals surface area contributed by atoms with Gasteiger partial charge in [0.1, 0.15) is 11.6 Å². The third kappa shape index (κ3) is 5.50. The Balaban J connectivity index is 1.98. The number of rotatable bonds is 8. The molecule has 0 N–H and O–H groups in total. The minimum atomic E-state index is -3.33. The molecule has 1 saturated heterocycles. The van der Waals surface area contributed by atoms with Gasteiger partial charge in [0.05, 0.1) is 30.8 Å². The van der Waals surface area contributed by atoms with Crippen LogP contribution in [0.2, 0.25) is 0 Å². The van der Waals surface area contributed by atoms with Crippen LogP contribution in [0.25, 0.3) is 6.08 Å². The second kappa shape index (κ2) is 10.4. The maximum atomic E-state index is 13.3. The molecule has 3 rings (SSSR count). The van der Waals surface area contributed by atoms with Crippen LogP contribution in [0.4, 0.5) is 0 Å². The number of benzene rings is 1. The average molecular weight is 487 g/mol. The van der Waals surface area contributed by atoms with E-state index in [2.05, 4.69) is 13.8 Å². The molecule has 9 heteroatoms. The number of carbonyl (C=O) groups excluding carboxylic acids is 2. The van der Waals surface area contributed by atoms with E-state index in [1.165, 1.54) is 0 Å². The Hall–Kier alpha value is -3.12. The molecule has 2 aliphatic rings. The predicted molar refractivity (Wildman–Crippen MR) is 128 cm³/mol. The molecule has 2 aliphatic heterocycles. The Morgan fingerprint density at radius 1 is 1.21 bits per heavy atom. The van der Waals surface area contributed by atoms with Gasteiger partial charge in [-0.2, -0.15) is 5.26 Å². The summed E-state index contributed by atoms with van der Waals surface area (Å²) in [6, 6.07) is 6.39. The molecule has 1 atom stereocenters. The third-order valence-electron chi connectivity index (χ3n) is 5.88. The summed E-state index contributed by atoms with van der Waals surface area (Å²) < 4.78 is 35.5. The Kier molecular flexibility index (Phi) is 7.82. The highest BCUT2D eigenvalue weighted by atomic mass is 32.2. The zero-order chi connectivity index (χ0) is 25.0. The molecule has 0 aliphatic carbocycles. The van der Waals surface area contributed by atoms with Crippen molar-refractivity contribution >= 4 is 27.7 Å². The molecular weight excluding hydrogens is 456 g/mol. The van der Waals surface area contributed by atoms with E-state index in [0.29, 0.717) is 36.2 Å². The molecule has 0 unspecified atom stereocenters. The smallest absolute Gasteiger partial charge is 0.271 e. The third-order valence-corrected chi connectivity index (χ3v) is 7.63. The van der Waals surface area contributed by atoms with Gasteiger partial charge in [0.25, 0.3) is 11.8 Å².